The number of rotatable bonds is 4. The Morgan fingerprint density at radius 2 is 2.31 bits per heavy atom. The SMILES string of the molecule is COc1ncnc(N(C)C(C)CC#N)c1N. The van der Waals surface area contributed by atoms with Gasteiger partial charge in [-0.25, -0.2) is 4.98 Å². The van der Waals surface area contributed by atoms with Crippen LogP contribution < -0.4 is 15.4 Å². The van der Waals surface area contributed by atoms with Crippen LogP contribution in [0.4, 0.5) is 11.5 Å². The van der Waals surface area contributed by atoms with Crippen molar-refractivity contribution in [2.75, 3.05) is 24.8 Å². The molecule has 0 aromatic carbocycles. The average molecular weight is 221 g/mol. The molecule has 86 valence electrons. The Labute approximate surface area is 94.7 Å². The fraction of sp³-hybridized carbons (Fsp3) is 0.500. The van der Waals surface area contributed by atoms with Crippen molar-refractivity contribution in [3.8, 4) is 11.9 Å². The molecule has 6 nitrogen and oxygen atoms in total. The van der Waals surface area contributed by atoms with Crippen LogP contribution in [0.1, 0.15) is 13.3 Å². The molecule has 1 heterocycles. The quantitative estimate of drug-likeness (QED) is 0.809. The van der Waals surface area contributed by atoms with Gasteiger partial charge in [0.1, 0.15) is 12.0 Å². The van der Waals surface area contributed by atoms with Crippen molar-refractivity contribution in [1.82, 2.24) is 9.97 Å². The van der Waals surface area contributed by atoms with Crippen LogP contribution in [-0.2, 0) is 0 Å². The number of nitriles is 1. The van der Waals surface area contributed by atoms with Gasteiger partial charge in [0.25, 0.3) is 0 Å². The molecule has 2 N–H and O–H groups in total. The summed E-state index contributed by atoms with van der Waals surface area (Å²) < 4.78 is 5.01. The smallest absolute Gasteiger partial charge is 0.242 e. The van der Waals surface area contributed by atoms with E-state index in [0.717, 1.165) is 0 Å². The van der Waals surface area contributed by atoms with E-state index in [2.05, 4.69) is 16.0 Å². The minimum atomic E-state index is 0.0342. The lowest BCUT2D eigenvalue weighted by Crippen LogP contribution is -2.30. The highest BCUT2D eigenvalue weighted by Crippen LogP contribution is 2.27. The molecule has 0 aliphatic carbocycles. The van der Waals surface area contributed by atoms with Gasteiger partial charge in [0.15, 0.2) is 5.82 Å². The number of methoxy groups -OCH3 is 1. The fourth-order valence-corrected chi connectivity index (χ4v) is 1.29. The van der Waals surface area contributed by atoms with Crippen molar-refractivity contribution in [3.05, 3.63) is 6.33 Å². The topological polar surface area (TPSA) is 88.1 Å². The van der Waals surface area contributed by atoms with Gasteiger partial charge in [0.05, 0.1) is 19.6 Å². The van der Waals surface area contributed by atoms with Gasteiger partial charge in [-0.1, -0.05) is 0 Å². The lowest BCUT2D eigenvalue weighted by atomic mass is 10.2. The number of ether oxygens (including phenoxy) is 1. The first-order chi connectivity index (χ1) is 7.61. The monoisotopic (exact) mass is 221 g/mol. The molecule has 0 bridgehead atoms. The van der Waals surface area contributed by atoms with Crippen LogP contribution in [0.25, 0.3) is 0 Å². The molecule has 16 heavy (non-hydrogen) atoms. The molecular formula is C10H15N5O. The van der Waals surface area contributed by atoms with Crippen LogP contribution in [0, 0.1) is 11.3 Å². The minimum Gasteiger partial charge on any atom is -0.479 e. The summed E-state index contributed by atoms with van der Waals surface area (Å²) in [6, 6.07) is 2.14. The summed E-state index contributed by atoms with van der Waals surface area (Å²) in [7, 11) is 3.33. The Morgan fingerprint density at radius 3 is 2.88 bits per heavy atom. The van der Waals surface area contributed by atoms with Crippen molar-refractivity contribution in [2.45, 2.75) is 19.4 Å². The highest BCUT2D eigenvalue weighted by molar-refractivity contribution is 5.67. The second kappa shape index (κ2) is 5.16. The molecule has 0 fully saturated rings. The molecule has 0 aliphatic rings. The van der Waals surface area contributed by atoms with Gasteiger partial charge in [-0.05, 0) is 6.92 Å². The Morgan fingerprint density at radius 1 is 1.62 bits per heavy atom. The van der Waals surface area contributed by atoms with E-state index in [-0.39, 0.29) is 6.04 Å². The Balaban J connectivity index is 3.00. The first kappa shape index (κ1) is 12.0. The summed E-state index contributed by atoms with van der Waals surface area (Å²) in [4.78, 5) is 9.82. The van der Waals surface area contributed by atoms with E-state index in [1.807, 2.05) is 18.9 Å². The summed E-state index contributed by atoms with van der Waals surface area (Å²) in [5.41, 5.74) is 6.24. The van der Waals surface area contributed by atoms with Crippen LogP contribution in [-0.4, -0.2) is 30.2 Å². The number of nitrogens with zero attached hydrogens (tertiary/aromatic N) is 4. The lowest BCUT2D eigenvalue weighted by Gasteiger charge is -2.25. The van der Waals surface area contributed by atoms with Gasteiger partial charge >= 0.3 is 0 Å². The second-order valence-corrected chi connectivity index (χ2v) is 3.44. The highest BCUT2D eigenvalue weighted by Gasteiger charge is 2.16. The molecule has 0 saturated carbocycles. The standard InChI is InChI=1S/C10H15N5O/c1-7(4-5-11)15(2)9-8(12)10(16-3)14-6-13-9/h6-7H,4,12H2,1-3H3. The lowest BCUT2D eigenvalue weighted by molar-refractivity contribution is 0.399. The molecule has 1 atom stereocenters. The van der Waals surface area contributed by atoms with Gasteiger partial charge in [-0.15, -0.1) is 0 Å². The van der Waals surface area contributed by atoms with Crippen molar-refractivity contribution < 1.29 is 4.74 Å². The van der Waals surface area contributed by atoms with Gasteiger partial charge in [0.2, 0.25) is 5.88 Å². The number of hydrogen-bond donors (Lipinski definition) is 1. The third kappa shape index (κ3) is 2.31. The Hall–Kier alpha value is -2.03. The summed E-state index contributed by atoms with van der Waals surface area (Å²) in [5, 5.41) is 8.64. The number of nitrogen functional groups attached to an aromatic ring is 1. The largest absolute Gasteiger partial charge is 0.479 e. The average Bonchev–Trinajstić information content (AvgIpc) is 2.29. The highest BCUT2D eigenvalue weighted by atomic mass is 16.5. The van der Waals surface area contributed by atoms with Crippen LogP contribution in [0.5, 0.6) is 5.88 Å². The molecule has 1 unspecified atom stereocenters. The zero-order chi connectivity index (χ0) is 12.1. The number of hydrogen-bond acceptors (Lipinski definition) is 6. The van der Waals surface area contributed by atoms with E-state index >= 15 is 0 Å². The van der Waals surface area contributed by atoms with E-state index in [9.17, 15) is 0 Å². The zero-order valence-corrected chi connectivity index (χ0v) is 9.64. The Kier molecular flexibility index (Phi) is 3.89. The first-order valence-corrected chi connectivity index (χ1v) is 4.86. The van der Waals surface area contributed by atoms with Crippen LogP contribution >= 0.6 is 0 Å². The molecule has 0 saturated heterocycles. The fourth-order valence-electron chi connectivity index (χ4n) is 1.29. The molecule has 1 rings (SSSR count). The summed E-state index contributed by atoms with van der Waals surface area (Å²) >= 11 is 0. The van der Waals surface area contributed by atoms with E-state index < -0.39 is 0 Å². The molecule has 1 aromatic heterocycles. The maximum atomic E-state index is 8.64. The number of nitrogens with two attached hydrogens (primary N) is 1. The molecule has 0 aliphatic heterocycles. The van der Waals surface area contributed by atoms with Crippen LogP contribution in [0.3, 0.4) is 0 Å². The van der Waals surface area contributed by atoms with Gasteiger partial charge in [-0.2, -0.15) is 10.2 Å². The normalized spacial score (nSPS) is 11.6. The summed E-state index contributed by atoms with van der Waals surface area (Å²) in [6.07, 6.45) is 1.79. The van der Waals surface area contributed by atoms with Crippen molar-refractivity contribution in [3.63, 3.8) is 0 Å². The van der Waals surface area contributed by atoms with Crippen molar-refractivity contribution >= 4 is 11.5 Å². The molecule has 1 aromatic rings. The summed E-state index contributed by atoms with van der Waals surface area (Å²) in [5.74, 6) is 0.926. The van der Waals surface area contributed by atoms with Crippen molar-refractivity contribution in [2.24, 2.45) is 0 Å². The third-order valence-electron chi connectivity index (χ3n) is 2.40. The maximum absolute atomic E-state index is 8.64. The zero-order valence-electron chi connectivity index (χ0n) is 9.64. The van der Waals surface area contributed by atoms with E-state index in [1.54, 1.807) is 0 Å². The maximum Gasteiger partial charge on any atom is 0.242 e. The van der Waals surface area contributed by atoms with Gasteiger partial charge < -0.3 is 15.4 Å². The van der Waals surface area contributed by atoms with Gasteiger partial charge in [-0.3, -0.25) is 0 Å². The number of aromatic nitrogens is 2. The predicted octanol–water partition coefficient (Wildman–Crippen LogP) is 0.806. The molecule has 0 radical (unpaired) electrons. The number of anilines is 2. The minimum absolute atomic E-state index is 0.0342. The van der Waals surface area contributed by atoms with Crippen LogP contribution in [0.2, 0.25) is 0 Å². The molecular weight excluding hydrogens is 206 g/mol. The first-order valence-electron chi connectivity index (χ1n) is 4.86. The second-order valence-electron chi connectivity index (χ2n) is 3.44. The van der Waals surface area contributed by atoms with E-state index in [0.29, 0.717) is 23.8 Å². The predicted molar refractivity (Wildman–Crippen MR) is 61.1 cm³/mol. The third-order valence-corrected chi connectivity index (χ3v) is 2.40. The Bertz CT molecular complexity index is 401. The molecule has 6 heteroatoms. The molecule has 0 amide bonds. The molecule has 0 spiro atoms. The van der Waals surface area contributed by atoms with E-state index in [1.165, 1.54) is 13.4 Å². The van der Waals surface area contributed by atoms with Crippen molar-refractivity contribution in [1.29, 1.82) is 5.26 Å². The van der Waals surface area contributed by atoms with Gasteiger partial charge in [0, 0.05) is 13.1 Å². The van der Waals surface area contributed by atoms with Crippen LogP contribution in [0.15, 0.2) is 6.33 Å². The van der Waals surface area contributed by atoms with E-state index in [4.69, 9.17) is 15.7 Å². The summed E-state index contributed by atoms with van der Waals surface area (Å²) in [6.45, 7) is 1.93.